The molecule has 2 N–H and O–H groups in total. The van der Waals surface area contributed by atoms with Gasteiger partial charge in [0.05, 0.1) is 13.2 Å². The third-order valence-corrected chi connectivity index (χ3v) is 3.98. The highest BCUT2D eigenvalue weighted by molar-refractivity contribution is 5.99. The van der Waals surface area contributed by atoms with Gasteiger partial charge in [-0.05, 0) is 37.1 Å². The van der Waals surface area contributed by atoms with Gasteiger partial charge in [-0.15, -0.1) is 0 Å². The third-order valence-electron chi connectivity index (χ3n) is 3.98. The Morgan fingerprint density at radius 3 is 2.39 bits per heavy atom. The first kappa shape index (κ1) is 15.5. The fourth-order valence-electron chi connectivity index (χ4n) is 2.48. The van der Waals surface area contributed by atoms with Crippen LogP contribution < -0.4 is 5.32 Å². The van der Waals surface area contributed by atoms with E-state index in [4.69, 9.17) is 4.74 Å². The molecule has 122 valence electrons. The highest BCUT2D eigenvalue weighted by atomic mass is 16.5. The Balaban J connectivity index is 1.71. The van der Waals surface area contributed by atoms with Crippen LogP contribution in [0, 0.1) is 0 Å². The molecule has 3 rings (SSSR count). The lowest BCUT2D eigenvalue weighted by molar-refractivity contribution is -0.147. The number of nitrogens with zero attached hydrogens (tertiary/aromatic N) is 1. The van der Waals surface area contributed by atoms with E-state index in [1.54, 1.807) is 24.3 Å². The summed E-state index contributed by atoms with van der Waals surface area (Å²) in [6, 6.07) is 5.57. The smallest absolute Gasteiger partial charge is 0.328 e. The molecule has 0 spiro atoms. The number of carbonyl (C=O) groups excluding carboxylic acids is 2. The lowest BCUT2D eigenvalue weighted by Gasteiger charge is -2.32. The zero-order valence-electron chi connectivity index (χ0n) is 12.5. The van der Waals surface area contributed by atoms with Crippen LogP contribution >= 0.6 is 0 Å². The predicted octanol–water partition coefficient (Wildman–Crippen LogP) is 0.504. The molecule has 0 radical (unpaired) electrons. The average molecular weight is 318 g/mol. The zero-order valence-corrected chi connectivity index (χ0v) is 12.5. The van der Waals surface area contributed by atoms with E-state index in [0.717, 1.165) is 12.8 Å². The van der Waals surface area contributed by atoms with Crippen molar-refractivity contribution in [3.05, 3.63) is 35.4 Å². The lowest BCUT2D eigenvalue weighted by Crippen LogP contribution is -2.52. The van der Waals surface area contributed by atoms with Gasteiger partial charge in [0.2, 0.25) is 0 Å². The van der Waals surface area contributed by atoms with Crippen molar-refractivity contribution in [2.75, 3.05) is 19.8 Å². The van der Waals surface area contributed by atoms with Crippen LogP contribution in [0.2, 0.25) is 0 Å². The first-order valence-corrected chi connectivity index (χ1v) is 7.58. The van der Waals surface area contributed by atoms with E-state index in [2.05, 4.69) is 5.32 Å². The van der Waals surface area contributed by atoms with Crippen LogP contribution in [0.4, 0.5) is 0 Å². The minimum absolute atomic E-state index is 0.0110. The van der Waals surface area contributed by atoms with Crippen LogP contribution in [0.25, 0.3) is 0 Å². The molecule has 7 heteroatoms. The molecule has 2 amide bonds. The van der Waals surface area contributed by atoms with E-state index in [1.165, 1.54) is 4.90 Å². The van der Waals surface area contributed by atoms with Gasteiger partial charge in [-0.3, -0.25) is 9.59 Å². The zero-order chi connectivity index (χ0) is 16.4. The van der Waals surface area contributed by atoms with Gasteiger partial charge in [0, 0.05) is 23.7 Å². The number of carboxylic acid groups (broad SMARTS) is 1. The molecule has 1 aliphatic heterocycles. The number of nitrogens with one attached hydrogen (secondary N) is 1. The van der Waals surface area contributed by atoms with Crippen molar-refractivity contribution >= 4 is 17.8 Å². The monoisotopic (exact) mass is 318 g/mol. The Morgan fingerprint density at radius 1 is 1.13 bits per heavy atom. The number of carboxylic acids is 1. The summed E-state index contributed by atoms with van der Waals surface area (Å²) in [6.07, 6.45) is 2.02. The van der Waals surface area contributed by atoms with Crippen molar-refractivity contribution in [3.8, 4) is 0 Å². The van der Waals surface area contributed by atoms with E-state index < -0.39 is 12.0 Å². The predicted molar refractivity (Wildman–Crippen MR) is 80.2 cm³/mol. The van der Waals surface area contributed by atoms with Gasteiger partial charge < -0.3 is 20.1 Å². The number of carbonyl (C=O) groups is 3. The molecule has 1 saturated heterocycles. The van der Waals surface area contributed by atoms with Crippen LogP contribution in [-0.2, 0) is 9.53 Å². The summed E-state index contributed by atoms with van der Waals surface area (Å²) in [4.78, 5) is 36.9. The Morgan fingerprint density at radius 2 is 1.78 bits per heavy atom. The minimum Gasteiger partial charge on any atom is -0.480 e. The van der Waals surface area contributed by atoms with Gasteiger partial charge in [-0.1, -0.05) is 0 Å². The molecule has 2 aliphatic rings. The fraction of sp³-hybridized carbons (Fsp3) is 0.438. The highest BCUT2D eigenvalue weighted by Gasteiger charge is 2.33. The maximum absolute atomic E-state index is 12.5. The molecule has 0 bridgehead atoms. The van der Waals surface area contributed by atoms with Crippen LogP contribution in [-0.4, -0.2) is 59.6 Å². The number of morpholine rings is 1. The van der Waals surface area contributed by atoms with E-state index in [1.807, 2.05) is 0 Å². The number of ether oxygens (including phenoxy) is 1. The standard InChI is InChI=1S/C16H18N2O5/c19-14(17-12-5-6-12)10-1-3-11(4-2-10)15(20)18-7-8-23-9-13(18)16(21)22/h1-4,12-13H,5-9H2,(H,17,19)(H,21,22). The van der Waals surface area contributed by atoms with Gasteiger partial charge >= 0.3 is 5.97 Å². The van der Waals surface area contributed by atoms with Crippen molar-refractivity contribution in [2.45, 2.75) is 24.9 Å². The summed E-state index contributed by atoms with van der Waals surface area (Å²) in [5, 5.41) is 12.1. The van der Waals surface area contributed by atoms with Crippen LogP contribution in [0.3, 0.4) is 0 Å². The van der Waals surface area contributed by atoms with Gasteiger partial charge in [0.15, 0.2) is 6.04 Å². The van der Waals surface area contributed by atoms with Crippen LogP contribution in [0.5, 0.6) is 0 Å². The lowest BCUT2D eigenvalue weighted by atomic mass is 10.1. The highest BCUT2D eigenvalue weighted by Crippen LogP contribution is 2.19. The number of hydrogen-bond acceptors (Lipinski definition) is 4. The van der Waals surface area contributed by atoms with Crippen molar-refractivity contribution in [3.63, 3.8) is 0 Å². The summed E-state index contributed by atoms with van der Waals surface area (Å²) >= 11 is 0. The summed E-state index contributed by atoms with van der Waals surface area (Å²) in [7, 11) is 0. The van der Waals surface area contributed by atoms with Gasteiger partial charge in [0.1, 0.15) is 0 Å². The molecule has 1 aliphatic carbocycles. The SMILES string of the molecule is O=C(NC1CC1)c1ccc(C(=O)N2CCOCC2C(=O)O)cc1. The molecule has 1 aromatic rings. The maximum Gasteiger partial charge on any atom is 0.328 e. The first-order valence-electron chi connectivity index (χ1n) is 7.58. The number of hydrogen-bond donors (Lipinski definition) is 2. The molecule has 2 fully saturated rings. The fourth-order valence-corrected chi connectivity index (χ4v) is 2.48. The summed E-state index contributed by atoms with van der Waals surface area (Å²) in [5.74, 6) is -1.60. The third kappa shape index (κ3) is 3.50. The molecule has 0 aromatic heterocycles. The second-order valence-electron chi connectivity index (χ2n) is 5.75. The molecular formula is C16H18N2O5. The molecule has 1 unspecified atom stereocenters. The molecule has 1 atom stereocenters. The molecule has 23 heavy (non-hydrogen) atoms. The van der Waals surface area contributed by atoms with Crippen LogP contribution in [0.1, 0.15) is 33.6 Å². The Hall–Kier alpha value is -2.41. The quantitative estimate of drug-likeness (QED) is 0.843. The van der Waals surface area contributed by atoms with Gasteiger partial charge in [-0.25, -0.2) is 4.79 Å². The molecule has 1 heterocycles. The van der Waals surface area contributed by atoms with Gasteiger partial charge in [0.25, 0.3) is 11.8 Å². The number of aliphatic carboxylic acids is 1. The Labute approximate surface area is 133 Å². The molecular weight excluding hydrogens is 300 g/mol. The average Bonchev–Trinajstić information content (AvgIpc) is 3.38. The van der Waals surface area contributed by atoms with Crippen LogP contribution in [0.15, 0.2) is 24.3 Å². The number of amides is 2. The van der Waals surface area contributed by atoms with Crippen molar-refractivity contribution < 1.29 is 24.2 Å². The molecule has 1 saturated carbocycles. The Bertz CT molecular complexity index is 624. The number of benzene rings is 1. The van der Waals surface area contributed by atoms with Crippen molar-refractivity contribution in [2.24, 2.45) is 0 Å². The van der Waals surface area contributed by atoms with Crippen molar-refractivity contribution in [1.82, 2.24) is 10.2 Å². The summed E-state index contributed by atoms with van der Waals surface area (Å²) < 4.78 is 5.13. The topological polar surface area (TPSA) is 95.9 Å². The van der Waals surface area contributed by atoms with Gasteiger partial charge in [-0.2, -0.15) is 0 Å². The summed E-state index contributed by atoms with van der Waals surface area (Å²) in [5.41, 5.74) is 0.853. The molecule has 1 aromatic carbocycles. The summed E-state index contributed by atoms with van der Waals surface area (Å²) in [6.45, 7) is 0.542. The minimum atomic E-state index is -1.08. The maximum atomic E-state index is 12.5. The largest absolute Gasteiger partial charge is 0.480 e. The van der Waals surface area contributed by atoms with E-state index >= 15 is 0 Å². The van der Waals surface area contributed by atoms with Crippen molar-refractivity contribution in [1.29, 1.82) is 0 Å². The second kappa shape index (κ2) is 6.37. The Kier molecular flexibility index (Phi) is 4.29. The van der Waals surface area contributed by atoms with E-state index in [-0.39, 0.29) is 31.0 Å². The second-order valence-corrected chi connectivity index (χ2v) is 5.75. The first-order chi connectivity index (χ1) is 11.1. The normalized spacial score (nSPS) is 20.9. The van der Waals surface area contributed by atoms with E-state index in [9.17, 15) is 19.5 Å². The molecule has 7 nitrogen and oxygen atoms in total. The number of rotatable bonds is 4. The van der Waals surface area contributed by atoms with E-state index in [0.29, 0.717) is 17.7 Å².